The molecule has 0 saturated carbocycles. The molecule has 0 amide bonds. The summed E-state index contributed by atoms with van der Waals surface area (Å²) in [5.41, 5.74) is 13.3. The van der Waals surface area contributed by atoms with Gasteiger partial charge in [0.05, 0.1) is 6.54 Å². The highest BCUT2D eigenvalue weighted by Gasteiger charge is 2.07. The minimum absolute atomic E-state index is 0.0543. The molecule has 5 N–H and O–H groups in total. The maximum Gasteiger partial charge on any atom is 0.174 e. The summed E-state index contributed by atoms with van der Waals surface area (Å²) in [5, 5.41) is 17.5. The lowest BCUT2D eigenvalue weighted by atomic mass is 10.1. The van der Waals surface area contributed by atoms with Crippen LogP contribution in [0, 0.1) is 17.3 Å². The van der Waals surface area contributed by atoms with Crippen LogP contribution in [0.3, 0.4) is 0 Å². The molecule has 1 aromatic carbocycles. The summed E-state index contributed by atoms with van der Waals surface area (Å²) in [6.07, 6.45) is 3.17. The van der Waals surface area contributed by atoms with Crippen LogP contribution in [0.25, 0.3) is 10.8 Å². The smallest absolute Gasteiger partial charge is 0.174 e. The predicted molar refractivity (Wildman–Crippen MR) is 111 cm³/mol. The molecule has 0 aliphatic carbocycles. The minimum Gasteiger partial charge on any atom is -0.384 e. The molecule has 3 rings (SSSR count). The molecular weight excluding hydrogens is 352 g/mol. The average molecular weight is 372 g/mol. The lowest BCUT2D eigenvalue weighted by Crippen LogP contribution is -2.10. The molecular formula is C20H20N8. The number of benzene rings is 1. The van der Waals surface area contributed by atoms with Gasteiger partial charge in [-0.2, -0.15) is 0 Å². The standard InChI is InChI=1S/C20H20N8/c1-28(2)9-3-4-13-5-6-14-11-25-20(23)18(16(14)10-13)27-26-17-8-7-15(12-24-17)19(21)22/h5-8,10-12H,9H2,1-2H3,(H3,21,22)(H2,23,25). The molecule has 0 saturated heterocycles. The highest BCUT2D eigenvalue weighted by molar-refractivity contribution is 5.97. The Morgan fingerprint density at radius 2 is 1.96 bits per heavy atom. The predicted octanol–water partition coefficient (Wildman–Crippen LogP) is 2.82. The molecule has 0 fully saturated rings. The van der Waals surface area contributed by atoms with Crippen molar-refractivity contribution in [3.63, 3.8) is 0 Å². The van der Waals surface area contributed by atoms with Gasteiger partial charge in [0.2, 0.25) is 0 Å². The zero-order valence-electron chi connectivity index (χ0n) is 15.6. The van der Waals surface area contributed by atoms with E-state index in [1.807, 2.05) is 37.2 Å². The normalized spacial score (nSPS) is 11.0. The van der Waals surface area contributed by atoms with Crippen LogP contribution >= 0.6 is 0 Å². The Balaban J connectivity index is 1.97. The zero-order valence-corrected chi connectivity index (χ0v) is 15.6. The van der Waals surface area contributed by atoms with Gasteiger partial charge in [0.1, 0.15) is 11.5 Å². The lowest BCUT2D eigenvalue weighted by molar-refractivity contribution is 0.464. The molecule has 2 heterocycles. The number of pyridine rings is 2. The van der Waals surface area contributed by atoms with E-state index in [9.17, 15) is 0 Å². The van der Waals surface area contributed by atoms with Crippen molar-refractivity contribution in [1.82, 2.24) is 14.9 Å². The summed E-state index contributed by atoms with van der Waals surface area (Å²) < 4.78 is 0. The Kier molecular flexibility index (Phi) is 5.58. The van der Waals surface area contributed by atoms with E-state index < -0.39 is 0 Å². The van der Waals surface area contributed by atoms with Crippen LogP contribution in [-0.4, -0.2) is 41.3 Å². The van der Waals surface area contributed by atoms with Crippen LogP contribution in [0.5, 0.6) is 0 Å². The molecule has 0 aliphatic rings. The van der Waals surface area contributed by atoms with Crippen molar-refractivity contribution < 1.29 is 0 Å². The molecule has 2 aromatic heterocycles. The van der Waals surface area contributed by atoms with Gasteiger partial charge >= 0.3 is 0 Å². The van der Waals surface area contributed by atoms with Crippen LogP contribution in [0.1, 0.15) is 11.1 Å². The first-order valence-corrected chi connectivity index (χ1v) is 8.48. The molecule has 8 nitrogen and oxygen atoms in total. The molecule has 28 heavy (non-hydrogen) atoms. The minimum atomic E-state index is -0.0543. The van der Waals surface area contributed by atoms with Crippen molar-refractivity contribution in [3.8, 4) is 11.8 Å². The first-order chi connectivity index (χ1) is 13.4. The fourth-order valence-electron chi connectivity index (χ4n) is 2.40. The zero-order chi connectivity index (χ0) is 20.1. The first-order valence-electron chi connectivity index (χ1n) is 8.48. The van der Waals surface area contributed by atoms with Gasteiger partial charge in [-0.1, -0.05) is 17.9 Å². The second-order valence-corrected chi connectivity index (χ2v) is 6.35. The van der Waals surface area contributed by atoms with Gasteiger partial charge in [-0.25, -0.2) is 9.97 Å². The molecule has 0 spiro atoms. The second kappa shape index (κ2) is 8.24. The van der Waals surface area contributed by atoms with Gasteiger partial charge in [0, 0.05) is 34.3 Å². The Labute approximate surface area is 162 Å². The lowest BCUT2D eigenvalue weighted by Gasteiger charge is -2.05. The van der Waals surface area contributed by atoms with E-state index in [1.165, 1.54) is 6.20 Å². The number of hydrogen-bond donors (Lipinski definition) is 3. The van der Waals surface area contributed by atoms with E-state index in [2.05, 4.69) is 32.0 Å². The van der Waals surface area contributed by atoms with Gasteiger partial charge < -0.3 is 11.5 Å². The third-order valence-electron chi connectivity index (χ3n) is 3.83. The largest absolute Gasteiger partial charge is 0.384 e. The van der Waals surface area contributed by atoms with E-state index in [0.717, 1.165) is 16.3 Å². The summed E-state index contributed by atoms with van der Waals surface area (Å²) in [6, 6.07) is 9.09. The Bertz CT molecular complexity index is 1100. The summed E-state index contributed by atoms with van der Waals surface area (Å²) in [4.78, 5) is 10.3. The molecule has 0 atom stereocenters. The quantitative estimate of drug-likeness (QED) is 0.281. The van der Waals surface area contributed by atoms with E-state index in [-0.39, 0.29) is 11.7 Å². The third kappa shape index (κ3) is 4.47. The van der Waals surface area contributed by atoms with Crippen molar-refractivity contribution in [2.45, 2.75) is 0 Å². The Hall–Kier alpha value is -3.83. The number of nitrogen functional groups attached to an aromatic ring is 2. The van der Waals surface area contributed by atoms with Crippen LogP contribution in [0.4, 0.5) is 17.3 Å². The average Bonchev–Trinajstić information content (AvgIpc) is 2.67. The molecule has 0 aliphatic heterocycles. The highest BCUT2D eigenvalue weighted by atomic mass is 15.2. The number of nitrogens with one attached hydrogen (secondary N) is 1. The van der Waals surface area contributed by atoms with Gasteiger partial charge in [-0.3, -0.25) is 10.3 Å². The maximum absolute atomic E-state index is 7.40. The van der Waals surface area contributed by atoms with Crippen LogP contribution in [0.15, 0.2) is 53.0 Å². The van der Waals surface area contributed by atoms with Crippen molar-refractivity contribution in [3.05, 3.63) is 53.9 Å². The number of amidine groups is 1. The Morgan fingerprint density at radius 3 is 2.64 bits per heavy atom. The molecule has 0 bridgehead atoms. The fraction of sp³-hybridized carbons (Fsp3) is 0.150. The monoisotopic (exact) mass is 372 g/mol. The third-order valence-corrected chi connectivity index (χ3v) is 3.83. The van der Waals surface area contributed by atoms with E-state index in [1.54, 1.807) is 18.3 Å². The SMILES string of the molecule is CN(C)CC#Cc1ccc2cnc(N)c(N=Nc3ccc(C(=N)N)cn3)c2c1. The molecule has 0 radical (unpaired) electrons. The second-order valence-electron chi connectivity index (χ2n) is 6.35. The van der Waals surface area contributed by atoms with Crippen LogP contribution in [-0.2, 0) is 0 Å². The molecule has 0 unspecified atom stereocenters. The summed E-state index contributed by atoms with van der Waals surface area (Å²) in [5.74, 6) is 6.84. The van der Waals surface area contributed by atoms with Gasteiger partial charge in [-0.05, 0) is 38.4 Å². The summed E-state index contributed by atoms with van der Waals surface area (Å²) >= 11 is 0. The molecule has 8 heteroatoms. The molecule has 3 aromatic rings. The van der Waals surface area contributed by atoms with Crippen LogP contribution < -0.4 is 11.5 Å². The number of aromatic nitrogens is 2. The maximum atomic E-state index is 7.40. The Morgan fingerprint density at radius 1 is 1.14 bits per heavy atom. The number of rotatable bonds is 4. The highest BCUT2D eigenvalue weighted by Crippen LogP contribution is 2.32. The summed E-state index contributed by atoms with van der Waals surface area (Å²) in [7, 11) is 3.94. The van der Waals surface area contributed by atoms with E-state index >= 15 is 0 Å². The number of azo groups is 1. The topological polar surface area (TPSA) is 130 Å². The van der Waals surface area contributed by atoms with Crippen molar-refractivity contribution in [2.75, 3.05) is 26.4 Å². The fourth-order valence-corrected chi connectivity index (χ4v) is 2.40. The number of hydrogen-bond acceptors (Lipinski definition) is 7. The van der Waals surface area contributed by atoms with Crippen molar-refractivity contribution >= 4 is 33.9 Å². The van der Waals surface area contributed by atoms with Gasteiger partial charge in [0.15, 0.2) is 11.6 Å². The van der Waals surface area contributed by atoms with Gasteiger partial charge in [-0.15, -0.1) is 10.2 Å². The van der Waals surface area contributed by atoms with Crippen molar-refractivity contribution in [1.29, 1.82) is 5.41 Å². The number of nitrogens with two attached hydrogens (primary N) is 2. The van der Waals surface area contributed by atoms with E-state index in [0.29, 0.717) is 23.6 Å². The number of nitrogens with zero attached hydrogens (tertiary/aromatic N) is 5. The summed E-state index contributed by atoms with van der Waals surface area (Å²) in [6.45, 7) is 0.672. The van der Waals surface area contributed by atoms with Crippen molar-refractivity contribution in [2.24, 2.45) is 16.0 Å². The van der Waals surface area contributed by atoms with E-state index in [4.69, 9.17) is 16.9 Å². The van der Waals surface area contributed by atoms with Gasteiger partial charge in [0.25, 0.3) is 0 Å². The first kappa shape index (κ1) is 18.9. The number of fused-ring (bicyclic) bond motifs is 1. The van der Waals surface area contributed by atoms with Crippen LogP contribution in [0.2, 0.25) is 0 Å². The molecule has 140 valence electrons. The number of anilines is 1.